The summed E-state index contributed by atoms with van der Waals surface area (Å²) < 4.78 is 22.9. The summed E-state index contributed by atoms with van der Waals surface area (Å²) in [5.41, 5.74) is 0.685. The molecule has 0 heterocycles. The van der Waals surface area contributed by atoms with Crippen LogP contribution < -0.4 is 30.7 Å². The van der Waals surface area contributed by atoms with Gasteiger partial charge in [0.25, 0.3) is 5.91 Å². The third-order valence-electron chi connectivity index (χ3n) is 10.2. The van der Waals surface area contributed by atoms with Gasteiger partial charge in [0.2, 0.25) is 11.8 Å². The molecule has 0 radical (unpaired) electrons. The smallest absolute Gasteiger partial charge is 0.407 e. The Morgan fingerprint density at radius 2 is 1.17 bits per heavy atom. The molecule has 2 aliphatic carbocycles. The summed E-state index contributed by atoms with van der Waals surface area (Å²) in [6.07, 6.45) is 6.58. The molecule has 4 amide bonds. The van der Waals surface area contributed by atoms with E-state index in [-0.39, 0.29) is 29.0 Å². The van der Waals surface area contributed by atoms with Gasteiger partial charge in [-0.2, -0.15) is 0 Å². The Bertz CT molecular complexity index is 1720. The van der Waals surface area contributed by atoms with Gasteiger partial charge in [0, 0.05) is 41.2 Å². The molecule has 4 atom stereocenters. The fourth-order valence-corrected chi connectivity index (χ4v) is 7.05. The van der Waals surface area contributed by atoms with E-state index in [0.717, 1.165) is 38.5 Å². The fourth-order valence-electron chi connectivity index (χ4n) is 7.05. The van der Waals surface area contributed by atoms with Gasteiger partial charge in [-0.3, -0.25) is 14.4 Å². The number of hydrogen-bond acceptors (Lipinski definition) is 9. The van der Waals surface area contributed by atoms with Gasteiger partial charge in [0.15, 0.2) is 0 Å². The van der Waals surface area contributed by atoms with Crippen LogP contribution in [0.3, 0.4) is 0 Å². The van der Waals surface area contributed by atoms with Crippen molar-refractivity contribution in [3.05, 3.63) is 47.5 Å². The number of benzene rings is 2. The van der Waals surface area contributed by atoms with Crippen molar-refractivity contribution in [2.45, 2.75) is 137 Å². The Morgan fingerprint density at radius 1 is 0.672 bits per heavy atom. The van der Waals surface area contributed by atoms with Crippen LogP contribution in [0.2, 0.25) is 0 Å². The van der Waals surface area contributed by atoms with E-state index >= 15 is 0 Å². The predicted molar refractivity (Wildman–Crippen MR) is 224 cm³/mol. The number of alkyl carbamates (subject to hydrolysis) is 1. The minimum atomic E-state index is -0.668. The zero-order valence-corrected chi connectivity index (χ0v) is 35.8. The van der Waals surface area contributed by atoms with E-state index in [1.807, 2.05) is 6.92 Å². The van der Waals surface area contributed by atoms with Gasteiger partial charge < -0.3 is 40.2 Å². The Hall–Kier alpha value is -4.81. The second kappa shape index (κ2) is 21.8. The second-order valence-electron chi connectivity index (χ2n) is 17.4. The average Bonchev–Trinajstić information content (AvgIpc) is 3.80. The molecule has 4 N–H and O–H groups in total. The summed E-state index contributed by atoms with van der Waals surface area (Å²) in [5.74, 6) is -0.746. The van der Waals surface area contributed by atoms with Crippen molar-refractivity contribution in [3.63, 3.8) is 0 Å². The molecule has 2 aliphatic rings. The van der Waals surface area contributed by atoms with Gasteiger partial charge in [-0.25, -0.2) is 9.59 Å². The van der Waals surface area contributed by atoms with E-state index in [9.17, 15) is 24.0 Å². The molecule has 13 nitrogen and oxygen atoms in total. The zero-order valence-electron chi connectivity index (χ0n) is 35.8. The standard InChI is InChI=1S/C45H66N4O9/c1-9-10-19-57-43(53)31-23-33(27-35(25-31)56-21-18-29(4)5)47-41(51)36-13-11-15-38(36)48-40(50)30-22-32(26-34(24-30)55-20-17-28(2)3)46-42(52)37-14-12-16-39(37)49-44(54)58-45(6,7)8/h22-29,36-39H,9-21H2,1-8H3,(H,46,52)(H,47,51)(H,48,50)(H,49,54)/t36-,37-,38-,39-/m0/s1. The van der Waals surface area contributed by atoms with E-state index in [0.29, 0.717) is 80.2 Å². The summed E-state index contributed by atoms with van der Waals surface area (Å²) in [6.45, 7) is 16.9. The molecule has 2 saturated carbocycles. The molecule has 2 aromatic carbocycles. The van der Waals surface area contributed by atoms with Gasteiger partial charge in [0.1, 0.15) is 17.1 Å². The summed E-state index contributed by atoms with van der Waals surface area (Å²) in [6, 6.07) is 9.01. The highest BCUT2D eigenvalue weighted by Gasteiger charge is 2.36. The number of esters is 1. The SMILES string of the molecule is CCCCOC(=O)c1cc(NC(=O)[C@H]2CCC[C@@H]2NC(=O)c2cc(NC(=O)[C@H]3CCC[C@@H]3NC(=O)OC(C)(C)C)cc(OCCC(C)C)c2)cc(OCCC(C)C)c1. The largest absolute Gasteiger partial charge is 0.493 e. The second-order valence-corrected chi connectivity index (χ2v) is 17.4. The van der Waals surface area contributed by atoms with Gasteiger partial charge in [-0.1, -0.05) is 53.9 Å². The number of ether oxygens (including phenoxy) is 4. The van der Waals surface area contributed by atoms with Crippen molar-refractivity contribution in [3.8, 4) is 11.5 Å². The first-order valence-corrected chi connectivity index (χ1v) is 21.2. The van der Waals surface area contributed by atoms with Crippen LogP contribution in [0.5, 0.6) is 11.5 Å². The topological polar surface area (TPSA) is 170 Å². The van der Waals surface area contributed by atoms with Crippen molar-refractivity contribution in [1.29, 1.82) is 0 Å². The molecular formula is C45H66N4O9. The van der Waals surface area contributed by atoms with Gasteiger partial charge >= 0.3 is 12.1 Å². The Kier molecular flexibility index (Phi) is 17.3. The fraction of sp³-hybridized carbons (Fsp3) is 0.622. The van der Waals surface area contributed by atoms with Crippen LogP contribution in [0, 0.1) is 23.7 Å². The average molecular weight is 807 g/mol. The minimum Gasteiger partial charge on any atom is -0.493 e. The molecule has 0 saturated heterocycles. The van der Waals surface area contributed by atoms with E-state index in [1.54, 1.807) is 57.2 Å². The molecule has 2 aromatic rings. The monoisotopic (exact) mass is 806 g/mol. The van der Waals surface area contributed by atoms with E-state index in [2.05, 4.69) is 49.0 Å². The van der Waals surface area contributed by atoms with Gasteiger partial charge in [-0.05, 0) is 102 Å². The molecular weight excluding hydrogens is 741 g/mol. The molecule has 0 aliphatic heterocycles. The Labute approximate surface area is 344 Å². The number of carbonyl (C=O) groups excluding carboxylic acids is 5. The third-order valence-corrected chi connectivity index (χ3v) is 10.2. The van der Waals surface area contributed by atoms with Crippen molar-refractivity contribution in [2.75, 3.05) is 30.5 Å². The quantitative estimate of drug-likeness (QED) is 0.0801. The van der Waals surface area contributed by atoms with E-state index in [1.165, 1.54) is 0 Å². The number of hydrogen-bond donors (Lipinski definition) is 4. The maximum absolute atomic E-state index is 13.9. The molecule has 0 spiro atoms. The van der Waals surface area contributed by atoms with Gasteiger partial charge in [0.05, 0.1) is 37.2 Å². The van der Waals surface area contributed by atoms with Crippen molar-refractivity contribution in [1.82, 2.24) is 10.6 Å². The first-order valence-electron chi connectivity index (χ1n) is 21.2. The summed E-state index contributed by atoms with van der Waals surface area (Å²) in [4.78, 5) is 66.8. The third kappa shape index (κ3) is 14.8. The minimum absolute atomic E-state index is 0.274. The number of anilines is 2. The maximum Gasteiger partial charge on any atom is 0.407 e. The molecule has 4 rings (SSSR count). The lowest BCUT2D eigenvalue weighted by molar-refractivity contribution is -0.121. The lowest BCUT2D eigenvalue weighted by Gasteiger charge is -2.24. The van der Waals surface area contributed by atoms with Crippen molar-refractivity contribution < 1.29 is 42.9 Å². The van der Waals surface area contributed by atoms with Crippen LogP contribution in [0.1, 0.15) is 140 Å². The number of unbranched alkanes of at least 4 members (excludes halogenated alkanes) is 1. The molecule has 13 heteroatoms. The highest BCUT2D eigenvalue weighted by Crippen LogP contribution is 2.31. The van der Waals surface area contributed by atoms with Gasteiger partial charge in [-0.15, -0.1) is 0 Å². The van der Waals surface area contributed by atoms with Crippen molar-refractivity contribution in [2.24, 2.45) is 23.7 Å². The zero-order chi connectivity index (χ0) is 42.4. The number of carbonyl (C=O) groups is 5. The summed E-state index contributed by atoms with van der Waals surface area (Å²) >= 11 is 0. The van der Waals surface area contributed by atoms with Crippen LogP contribution in [-0.2, 0) is 19.1 Å². The highest BCUT2D eigenvalue weighted by atomic mass is 16.6. The predicted octanol–water partition coefficient (Wildman–Crippen LogP) is 8.66. The lowest BCUT2D eigenvalue weighted by atomic mass is 10.0. The molecule has 2 fully saturated rings. The summed E-state index contributed by atoms with van der Waals surface area (Å²) in [5, 5.41) is 11.9. The number of amides is 4. The molecule has 0 unspecified atom stereocenters. The van der Waals surface area contributed by atoms with Crippen LogP contribution in [-0.4, -0.2) is 67.3 Å². The highest BCUT2D eigenvalue weighted by molar-refractivity contribution is 6.00. The number of nitrogens with one attached hydrogen (secondary N) is 4. The van der Waals surface area contributed by atoms with Crippen LogP contribution in [0.15, 0.2) is 36.4 Å². The maximum atomic E-state index is 13.9. The van der Waals surface area contributed by atoms with Crippen LogP contribution >= 0.6 is 0 Å². The van der Waals surface area contributed by atoms with Crippen molar-refractivity contribution >= 4 is 41.2 Å². The molecule has 320 valence electrons. The molecule has 0 aromatic heterocycles. The van der Waals surface area contributed by atoms with E-state index < -0.39 is 41.4 Å². The van der Waals surface area contributed by atoms with E-state index in [4.69, 9.17) is 18.9 Å². The molecule has 58 heavy (non-hydrogen) atoms. The normalized spacial score (nSPS) is 19.1. The summed E-state index contributed by atoms with van der Waals surface area (Å²) in [7, 11) is 0. The first kappa shape index (κ1) is 45.9. The Morgan fingerprint density at radius 3 is 1.67 bits per heavy atom. The molecule has 0 bridgehead atoms. The lowest BCUT2D eigenvalue weighted by Crippen LogP contribution is -2.44. The van der Waals surface area contributed by atoms with Crippen LogP contribution in [0.25, 0.3) is 0 Å². The van der Waals surface area contributed by atoms with Crippen LogP contribution in [0.4, 0.5) is 16.2 Å². The Balaban J connectivity index is 1.48. The first-order chi connectivity index (χ1) is 27.5. The number of rotatable bonds is 19.